The van der Waals surface area contributed by atoms with Crippen molar-refractivity contribution in [1.82, 2.24) is 29.8 Å². The van der Waals surface area contributed by atoms with E-state index in [0.29, 0.717) is 18.9 Å². The summed E-state index contributed by atoms with van der Waals surface area (Å²) in [5, 5.41) is 7.17. The number of halogens is 1. The van der Waals surface area contributed by atoms with Crippen LogP contribution in [0.2, 0.25) is 0 Å². The lowest BCUT2D eigenvalue weighted by Crippen LogP contribution is -2.49. The molecule has 2 aromatic heterocycles. The average Bonchev–Trinajstić information content (AvgIpc) is 3.33. The van der Waals surface area contributed by atoms with E-state index in [2.05, 4.69) is 36.2 Å². The summed E-state index contributed by atoms with van der Waals surface area (Å²) in [6.45, 7) is 4.48. The Morgan fingerprint density at radius 2 is 1.76 bits per heavy atom. The van der Waals surface area contributed by atoms with Gasteiger partial charge in [0.2, 0.25) is 0 Å². The molecule has 33 heavy (non-hydrogen) atoms. The lowest BCUT2D eigenvalue weighted by Gasteiger charge is -2.36. The first-order valence-electron chi connectivity index (χ1n) is 11.0. The van der Waals surface area contributed by atoms with Crippen molar-refractivity contribution >= 4 is 17.5 Å². The number of carbonyl (C=O) groups is 1. The fourth-order valence-electron chi connectivity index (χ4n) is 4.05. The summed E-state index contributed by atoms with van der Waals surface area (Å²) >= 11 is 0. The third-order valence-electron chi connectivity index (χ3n) is 5.83. The van der Waals surface area contributed by atoms with Crippen LogP contribution in [0.15, 0.2) is 67.0 Å². The Morgan fingerprint density at radius 1 is 1.00 bits per heavy atom. The van der Waals surface area contributed by atoms with E-state index >= 15 is 0 Å². The van der Waals surface area contributed by atoms with Gasteiger partial charge in [0.1, 0.15) is 18.0 Å². The van der Waals surface area contributed by atoms with E-state index in [1.54, 1.807) is 16.6 Å². The molecule has 8 nitrogen and oxygen atoms in total. The Morgan fingerprint density at radius 3 is 2.55 bits per heavy atom. The highest BCUT2D eigenvalue weighted by Gasteiger charge is 2.21. The van der Waals surface area contributed by atoms with E-state index in [1.807, 2.05) is 30.3 Å². The van der Waals surface area contributed by atoms with Gasteiger partial charge < -0.3 is 10.2 Å². The van der Waals surface area contributed by atoms with Gasteiger partial charge in [-0.25, -0.2) is 9.37 Å². The number of aromatic nitrogens is 4. The molecule has 0 radical (unpaired) electrons. The minimum Gasteiger partial charge on any atom is -0.354 e. The van der Waals surface area contributed by atoms with Gasteiger partial charge in [0.05, 0.1) is 11.3 Å². The smallest absolute Gasteiger partial charge is 0.254 e. The average molecular weight is 446 g/mol. The highest BCUT2D eigenvalue weighted by Crippen LogP contribution is 2.24. The Balaban J connectivity index is 1.21. The number of fused-ring (bicyclic) bond motifs is 1. The van der Waals surface area contributed by atoms with E-state index in [9.17, 15) is 9.18 Å². The molecule has 0 spiro atoms. The highest BCUT2D eigenvalue weighted by molar-refractivity contribution is 5.94. The Bertz CT molecular complexity index is 1250. The number of rotatable bonds is 6. The number of amides is 1. The summed E-state index contributed by atoms with van der Waals surface area (Å²) in [7, 11) is 0. The fraction of sp³-hybridized carbons (Fsp3) is 0.250. The maximum absolute atomic E-state index is 13.8. The van der Waals surface area contributed by atoms with Gasteiger partial charge in [-0.3, -0.25) is 9.69 Å². The van der Waals surface area contributed by atoms with Crippen LogP contribution >= 0.6 is 0 Å². The van der Waals surface area contributed by atoms with Crippen molar-refractivity contribution in [2.75, 3.05) is 44.2 Å². The van der Waals surface area contributed by atoms with Gasteiger partial charge in [-0.2, -0.15) is 14.6 Å². The van der Waals surface area contributed by atoms with Crippen molar-refractivity contribution in [3.05, 3.63) is 78.4 Å². The summed E-state index contributed by atoms with van der Waals surface area (Å²) in [4.78, 5) is 25.7. The van der Waals surface area contributed by atoms with Crippen molar-refractivity contribution in [3.8, 4) is 11.3 Å². The first kappa shape index (κ1) is 21.0. The summed E-state index contributed by atoms with van der Waals surface area (Å²) < 4.78 is 15.5. The Hall–Kier alpha value is -3.85. The number of carbonyl (C=O) groups excluding carboxylic acids is 1. The van der Waals surface area contributed by atoms with E-state index in [-0.39, 0.29) is 11.5 Å². The maximum Gasteiger partial charge on any atom is 0.254 e. The Labute approximate surface area is 190 Å². The topological polar surface area (TPSA) is 78.7 Å². The van der Waals surface area contributed by atoms with Gasteiger partial charge in [0, 0.05) is 50.9 Å². The molecular weight excluding hydrogens is 421 g/mol. The zero-order valence-corrected chi connectivity index (χ0v) is 18.1. The number of benzene rings is 2. The van der Waals surface area contributed by atoms with Crippen LogP contribution in [0.3, 0.4) is 0 Å². The SMILES string of the molecule is O=C(NCCN1CCN(c2cc(-c3ccccc3)nc3ncnn23)CC1)c1ccccc1F. The van der Waals surface area contributed by atoms with E-state index in [0.717, 1.165) is 43.3 Å². The molecule has 0 atom stereocenters. The van der Waals surface area contributed by atoms with Crippen LogP contribution in [-0.2, 0) is 0 Å². The third kappa shape index (κ3) is 4.54. The number of nitrogens with zero attached hydrogens (tertiary/aromatic N) is 6. The second-order valence-electron chi connectivity index (χ2n) is 7.90. The van der Waals surface area contributed by atoms with Crippen LogP contribution < -0.4 is 10.2 Å². The summed E-state index contributed by atoms with van der Waals surface area (Å²) in [6, 6.07) is 18.1. The van der Waals surface area contributed by atoms with Gasteiger partial charge in [-0.05, 0) is 12.1 Å². The van der Waals surface area contributed by atoms with Gasteiger partial charge in [0.15, 0.2) is 0 Å². The number of nitrogens with one attached hydrogen (secondary N) is 1. The van der Waals surface area contributed by atoms with Crippen LogP contribution in [-0.4, -0.2) is 69.7 Å². The minimum atomic E-state index is -0.504. The number of hydrogen-bond acceptors (Lipinski definition) is 6. The van der Waals surface area contributed by atoms with Crippen LogP contribution in [0.5, 0.6) is 0 Å². The van der Waals surface area contributed by atoms with Crippen LogP contribution in [0, 0.1) is 5.82 Å². The summed E-state index contributed by atoms with van der Waals surface area (Å²) in [5.74, 6) is 0.647. The zero-order chi connectivity index (χ0) is 22.6. The molecule has 5 rings (SSSR count). The molecule has 4 aromatic rings. The lowest BCUT2D eigenvalue weighted by atomic mass is 10.1. The molecule has 0 bridgehead atoms. The molecular formula is C24H24FN7O. The van der Waals surface area contributed by atoms with E-state index < -0.39 is 5.82 Å². The molecule has 3 heterocycles. The molecule has 0 unspecified atom stereocenters. The molecule has 1 amide bonds. The number of piperazine rings is 1. The molecule has 1 aliphatic rings. The largest absolute Gasteiger partial charge is 0.354 e. The molecule has 1 fully saturated rings. The normalized spacial score (nSPS) is 14.5. The number of hydrogen-bond donors (Lipinski definition) is 1. The first-order chi connectivity index (χ1) is 16.2. The van der Waals surface area contributed by atoms with Crippen molar-refractivity contribution in [1.29, 1.82) is 0 Å². The predicted octanol–water partition coefficient (Wildman–Crippen LogP) is 2.48. The van der Waals surface area contributed by atoms with Crippen LogP contribution in [0.25, 0.3) is 17.0 Å². The maximum atomic E-state index is 13.8. The van der Waals surface area contributed by atoms with Gasteiger partial charge in [0.25, 0.3) is 11.7 Å². The van der Waals surface area contributed by atoms with Crippen molar-refractivity contribution in [2.45, 2.75) is 0 Å². The van der Waals surface area contributed by atoms with Crippen LogP contribution in [0.1, 0.15) is 10.4 Å². The summed E-state index contributed by atoms with van der Waals surface area (Å²) in [5.41, 5.74) is 1.98. The number of anilines is 1. The molecule has 1 N–H and O–H groups in total. The Kier molecular flexibility index (Phi) is 5.95. The monoisotopic (exact) mass is 445 g/mol. The molecule has 9 heteroatoms. The zero-order valence-electron chi connectivity index (χ0n) is 18.1. The molecule has 1 aliphatic heterocycles. The fourth-order valence-corrected chi connectivity index (χ4v) is 4.05. The predicted molar refractivity (Wildman–Crippen MR) is 124 cm³/mol. The molecule has 168 valence electrons. The second-order valence-corrected chi connectivity index (χ2v) is 7.90. The molecule has 0 saturated carbocycles. The molecule has 0 aliphatic carbocycles. The van der Waals surface area contributed by atoms with Crippen molar-refractivity contribution in [2.24, 2.45) is 0 Å². The van der Waals surface area contributed by atoms with Gasteiger partial charge in [-0.1, -0.05) is 42.5 Å². The van der Waals surface area contributed by atoms with Gasteiger partial charge >= 0.3 is 0 Å². The standard InChI is InChI=1S/C24H24FN7O/c25-20-9-5-4-8-19(20)23(33)26-10-11-30-12-14-31(15-13-30)22-16-21(18-6-2-1-3-7-18)29-24-27-17-28-32(22)24/h1-9,16-17H,10-15H2,(H,26,33). The summed E-state index contributed by atoms with van der Waals surface area (Å²) in [6.07, 6.45) is 1.52. The second kappa shape index (κ2) is 9.33. The highest BCUT2D eigenvalue weighted by atomic mass is 19.1. The van der Waals surface area contributed by atoms with Crippen LogP contribution in [0.4, 0.5) is 10.2 Å². The quantitative estimate of drug-likeness (QED) is 0.491. The van der Waals surface area contributed by atoms with Crippen molar-refractivity contribution < 1.29 is 9.18 Å². The van der Waals surface area contributed by atoms with Crippen molar-refractivity contribution in [3.63, 3.8) is 0 Å². The lowest BCUT2D eigenvalue weighted by molar-refractivity contribution is 0.0943. The van der Waals surface area contributed by atoms with E-state index in [4.69, 9.17) is 0 Å². The molecule has 2 aromatic carbocycles. The molecule has 1 saturated heterocycles. The van der Waals surface area contributed by atoms with E-state index in [1.165, 1.54) is 18.5 Å². The minimum absolute atomic E-state index is 0.0751. The first-order valence-corrected chi connectivity index (χ1v) is 11.0. The van der Waals surface area contributed by atoms with Gasteiger partial charge in [-0.15, -0.1) is 0 Å². The third-order valence-corrected chi connectivity index (χ3v) is 5.83.